The smallest absolute Gasteiger partial charge is 0.178 e. The summed E-state index contributed by atoms with van der Waals surface area (Å²) in [4.78, 5) is 7.64. The van der Waals surface area contributed by atoms with E-state index in [1.807, 2.05) is 0 Å². The zero-order valence-corrected chi connectivity index (χ0v) is 16.1. The molecule has 0 N–H and O–H groups in total. The highest BCUT2D eigenvalue weighted by Gasteiger charge is 2.36. The number of para-hydroxylation sites is 1. The van der Waals surface area contributed by atoms with Gasteiger partial charge in [-0.15, -0.1) is 0 Å². The van der Waals surface area contributed by atoms with Gasteiger partial charge in [-0.2, -0.15) is 0 Å². The molecule has 0 unspecified atom stereocenters. The Bertz CT molecular complexity index is 564. The molecular formula is C21H31N3S. The summed E-state index contributed by atoms with van der Waals surface area (Å²) in [5.74, 6) is 0. The van der Waals surface area contributed by atoms with Crippen LogP contribution in [0.2, 0.25) is 0 Å². The average molecular weight is 358 g/mol. The van der Waals surface area contributed by atoms with Crippen molar-refractivity contribution in [1.29, 1.82) is 0 Å². The summed E-state index contributed by atoms with van der Waals surface area (Å²) in [5.41, 5.74) is 1.24. The molecule has 2 aliphatic carbocycles. The Balaban J connectivity index is 1.58. The normalized spacial score (nSPS) is 24.7. The zero-order chi connectivity index (χ0) is 17.1. The largest absolute Gasteiger partial charge is 0.333 e. The number of hydrogen-bond donors (Lipinski definition) is 0. The van der Waals surface area contributed by atoms with Gasteiger partial charge in [-0.1, -0.05) is 56.7 Å². The second-order valence-electron chi connectivity index (χ2n) is 7.97. The van der Waals surface area contributed by atoms with Crippen LogP contribution in [0.4, 0.5) is 5.69 Å². The molecular weight excluding hydrogens is 326 g/mol. The van der Waals surface area contributed by atoms with E-state index in [9.17, 15) is 0 Å². The van der Waals surface area contributed by atoms with Gasteiger partial charge >= 0.3 is 0 Å². The summed E-state index contributed by atoms with van der Waals surface area (Å²) in [5, 5.41) is 1.05. The molecule has 1 aromatic rings. The topological polar surface area (TPSA) is 9.72 Å². The molecule has 1 heterocycles. The molecule has 3 aliphatic rings. The fourth-order valence-electron chi connectivity index (χ4n) is 4.84. The number of hydrogen-bond acceptors (Lipinski definition) is 2. The number of anilines is 1. The van der Waals surface area contributed by atoms with Crippen molar-refractivity contribution in [1.82, 2.24) is 9.80 Å². The number of nitrogens with zero attached hydrogens (tertiary/aromatic N) is 3. The van der Waals surface area contributed by atoms with Crippen LogP contribution in [-0.2, 0) is 0 Å². The maximum Gasteiger partial charge on any atom is 0.178 e. The van der Waals surface area contributed by atoms with Crippen LogP contribution >= 0.6 is 12.2 Å². The van der Waals surface area contributed by atoms with E-state index in [0.717, 1.165) is 24.5 Å². The van der Waals surface area contributed by atoms with Gasteiger partial charge in [0.25, 0.3) is 0 Å². The van der Waals surface area contributed by atoms with Gasteiger partial charge in [0.15, 0.2) is 5.11 Å². The highest BCUT2D eigenvalue weighted by Crippen LogP contribution is 2.31. The summed E-state index contributed by atoms with van der Waals surface area (Å²) in [7, 11) is 0. The molecule has 4 heteroatoms. The van der Waals surface area contributed by atoms with Gasteiger partial charge in [0, 0.05) is 17.8 Å². The lowest BCUT2D eigenvalue weighted by molar-refractivity contribution is 0.0669. The van der Waals surface area contributed by atoms with Crippen molar-refractivity contribution in [3.63, 3.8) is 0 Å². The predicted molar refractivity (Wildman–Crippen MR) is 109 cm³/mol. The molecule has 0 atom stereocenters. The second kappa shape index (κ2) is 8.05. The van der Waals surface area contributed by atoms with Crippen molar-refractivity contribution in [2.24, 2.45) is 0 Å². The monoisotopic (exact) mass is 357 g/mol. The Labute approximate surface area is 158 Å². The maximum atomic E-state index is 5.99. The molecule has 25 heavy (non-hydrogen) atoms. The van der Waals surface area contributed by atoms with Gasteiger partial charge in [0.2, 0.25) is 0 Å². The highest BCUT2D eigenvalue weighted by molar-refractivity contribution is 7.80. The molecule has 136 valence electrons. The molecule has 0 bridgehead atoms. The van der Waals surface area contributed by atoms with Crippen molar-refractivity contribution in [2.75, 3.05) is 18.2 Å². The Morgan fingerprint density at radius 1 is 0.720 bits per heavy atom. The van der Waals surface area contributed by atoms with Crippen LogP contribution < -0.4 is 4.90 Å². The Kier molecular flexibility index (Phi) is 5.57. The molecule has 1 aromatic carbocycles. The van der Waals surface area contributed by atoms with E-state index in [0.29, 0.717) is 6.04 Å². The van der Waals surface area contributed by atoms with Crippen LogP contribution in [0.1, 0.15) is 64.2 Å². The van der Waals surface area contributed by atoms with Gasteiger partial charge < -0.3 is 9.80 Å². The fraction of sp³-hybridized carbons (Fsp3) is 0.667. The predicted octanol–water partition coefficient (Wildman–Crippen LogP) is 4.98. The van der Waals surface area contributed by atoms with E-state index in [1.54, 1.807) is 0 Å². The van der Waals surface area contributed by atoms with E-state index in [4.69, 9.17) is 12.2 Å². The minimum Gasteiger partial charge on any atom is -0.333 e. The molecule has 3 nitrogen and oxygen atoms in total. The third kappa shape index (κ3) is 3.85. The molecule has 4 rings (SSSR count). The van der Waals surface area contributed by atoms with Gasteiger partial charge in [-0.25, -0.2) is 0 Å². The molecule has 1 saturated heterocycles. The van der Waals surface area contributed by atoms with E-state index < -0.39 is 0 Å². The van der Waals surface area contributed by atoms with Crippen LogP contribution in [0, 0.1) is 0 Å². The fourth-order valence-corrected chi connectivity index (χ4v) is 5.21. The van der Waals surface area contributed by atoms with Crippen LogP contribution in [0.15, 0.2) is 30.3 Å². The number of benzene rings is 1. The van der Waals surface area contributed by atoms with Gasteiger partial charge in [-0.3, -0.25) is 4.90 Å². The summed E-state index contributed by atoms with van der Waals surface area (Å²) in [6.45, 7) is 1.99. The first kappa shape index (κ1) is 17.3. The van der Waals surface area contributed by atoms with Crippen molar-refractivity contribution in [2.45, 2.75) is 76.3 Å². The van der Waals surface area contributed by atoms with Crippen molar-refractivity contribution in [3.8, 4) is 0 Å². The first-order valence-corrected chi connectivity index (χ1v) is 10.6. The zero-order valence-electron chi connectivity index (χ0n) is 15.3. The van der Waals surface area contributed by atoms with E-state index >= 15 is 0 Å². The summed E-state index contributed by atoms with van der Waals surface area (Å²) >= 11 is 5.99. The molecule has 0 aromatic heterocycles. The summed E-state index contributed by atoms with van der Waals surface area (Å²) < 4.78 is 0. The van der Waals surface area contributed by atoms with Gasteiger partial charge in [0.05, 0.1) is 13.3 Å². The van der Waals surface area contributed by atoms with Crippen LogP contribution in [0.3, 0.4) is 0 Å². The SMILES string of the molecule is S=C1N(c2ccccc2)CN(C2CCCCC2)CN1C1CCCCC1. The lowest BCUT2D eigenvalue weighted by atomic mass is 9.93. The van der Waals surface area contributed by atoms with Gasteiger partial charge in [-0.05, 0) is 50.0 Å². The summed E-state index contributed by atoms with van der Waals surface area (Å²) in [6.07, 6.45) is 13.6. The molecule has 1 aliphatic heterocycles. The Morgan fingerprint density at radius 3 is 1.96 bits per heavy atom. The van der Waals surface area contributed by atoms with Crippen molar-refractivity contribution in [3.05, 3.63) is 30.3 Å². The maximum absolute atomic E-state index is 5.99. The highest BCUT2D eigenvalue weighted by atomic mass is 32.1. The molecule has 0 radical (unpaired) electrons. The molecule has 2 saturated carbocycles. The third-order valence-electron chi connectivity index (χ3n) is 6.31. The minimum atomic E-state index is 0.638. The van der Waals surface area contributed by atoms with Crippen molar-refractivity contribution < 1.29 is 0 Å². The molecule has 0 spiro atoms. The lowest BCUT2D eigenvalue weighted by Crippen LogP contribution is -2.63. The third-order valence-corrected chi connectivity index (χ3v) is 6.76. The van der Waals surface area contributed by atoms with E-state index in [2.05, 4.69) is 45.0 Å². The number of thiocarbonyl (C=S) groups is 1. The van der Waals surface area contributed by atoms with Crippen LogP contribution in [-0.4, -0.2) is 40.3 Å². The van der Waals surface area contributed by atoms with Crippen LogP contribution in [0.5, 0.6) is 0 Å². The quantitative estimate of drug-likeness (QED) is 0.706. The number of rotatable bonds is 3. The molecule has 3 fully saturated rings. The average Bonchev–Trinajstić information content (AvgIpc) is 2.70. The van der Waals surface area contributed by atoms with Crippen molar-refractivity contribution >= 4 is 23.0 Å². The molecule has 0 amide bonds. The van der Waals surface area contributed by atoms with E-state index in [1.165, 1.54) is 69.9 Å². The van der Waals surface area contributed by atoms with E-state index in [-0.39, 0.29) is 0 Å². The Hall–Kier alpha value is -1.13. The summed E-state index contributed by atoms with van der Waals surface area (Å²) in [6, 6.07) is 12.1. The second-order valence-corrected chi connectivity index (χ2v) is 8.34. The standard InChI is InChI=1S/C21H31N3S/c25-21-23(19-12-6-2-7-13-19)16-22(18-10-4-1-5-11-18)17-24(21)20-14-8-3-9-15-20/h2,6-7,12-13,18,20H,1,3-5,8-11,14-17H2. The Morgan fingerprint density at radius 2 is 1.32 bits per heavy atom. The minimum absolute atomic E-state index is 0.638. The first-order chi connectivity index (χ1) is 12.3. The van der Waals surface area contributed by atoms with Gasteiger partial charge in [0.1, 0.15) is 0 Å². The van der Waals surface area contributed by atoms with Crippen LogP contribution in [0.25, 0.3) is 0 Å². The lowest BCUT2D eigenvalue weighted by Gasteiger charge is -2.51. The first-order valence-electron chi connectivity index (χ1n) is 10.2.